The van der Waals surface area contributed by atoms with Crippen LogP contribution in [0.15, 0.2) is 0 Å². The van der Waals surface area contributed by atoms with Crippen molar-refractivity contribution in [2.75, 3.05) is 32.9 Å². The largest absolute Gasteiger partial charge is 0.480 e. The van der Waals surface area contributed by atoms with Gasteiger partial charge in [0.25, 0.3) is 0 Å². The molecule has 1 saturated heterocycles. The Hall–Kier alpha value is -0.650. The third kappa shape index (κ3) is 4.59. The Bertz CT molecular complexity index is 208. The summed E-state index contributed by atoms with van der Waals surface area (Å²) >= 11 is 0. The van der Waals surface area contributed by atoms with Crippen molar-refractivity contribution in [1.82, 2.24) is 4.90 Å². The number of hydrogen-bond donors (Lipinski definition) is 1. The quantitative estimate of drug-likeness (QED) is 0.712. The number of hydrogen-bond acceptors (Lipinski definition) is 4. The zero-order valence-corrected chi connectivity index (χ0v) is 9.31. The van der Waals surface area contributed by atoms with Gasteiger partial charge in [-0.25, -0.2) is 4.79 Å². The molecular weight excluding hydrogens is 198 g/mol. The minimum atomic E-state index is -0.938. The monoisotopic (exact) mass is 217 g/mol. The number of nitrogens with zero attached hydrogens (tertiary/aromatic N) is 1. The van der Waals surface area contributed by atoms with E-state index < -0.39 is 5.97 Å². The van der Waals surface area contributed by atoms with Crippen molar-refractivity contribution in [2.24, 2.45) is 0 Å². The Morgan fingerprint density at radius 2 is 2.40 bits per heavy atom. The molecule has 0 saturated carbocycles. The number of rotatable bonds is 5. The maximum atomic E-state index is 10.2. The standard InChI is InChI=1S/C10H19NO4/c1-8(2)11-3-4-15-9(5-11)6-14-7-10(12)13/h8-9H,3-7H2,1-2H3,(H,12,13). The molecule has 88 valence electrons. The Morgan fingerprint density at radius 1 is 1.67 bits per heavy atom. The van der Waals surface area contributed by atoms with Crippen molar-refractivity contribution in [3.63, 3.8) is 0 Å². The van der Waals surface area contributed by atoms with Crippen LogP contribution in [0.1, 0.15) is 13.8 Å². The summed E-state index contributed by atoms with van der Waals surface area (Å²) in [4.78, 5) is 12.5. The molecule has 1 aliphatic heterocycles. The predicted molar refractivity (Wildman–Crippen MR) is 54.9 cm³/mol. The highest BCUT2D eigenvalue weighted by Gasteiger charge is 2.22. The third-order valence-electron chi connectivity index (χ3n) is 2.43. The molecule has 5 heteroatoms. The third-order valence-corrected chi connectivity index (χ3v) is 2.43. The van der Waals surface area contributed by atoms with Crippen LogP contribution >= 0.6 is 0 Å². The second kappa shape index (κ2) is 6.05. The van der Waals surface area contributed by atoms with Crippen LogP contribution in [0.4, 0.5) is 0 Å². The Morgan fingerprint density at radius 3 is 3.00 bits per heavy atom. The van der Waals surface area contributed by atoms with E-state index in [1.165, 1.54) is 0 Å². The van der Waals surface area contributed by atoms with Crippen LogP contribution in [0.5, 0.6) is 0 Å². The molecule has 0 bridgehead atoms. The van der Waals surface area contributed by atoms with Gasteiger partial charge in [-0.05, 0) is 13.8 Å². The zero-order valence-electron chi connectivity index (χ0n) is 9.31. The smallest absolute Gasteiger partial charge is 0.329 e. The molecule has 0 spiro atoms. The normalized spacial score (nSPS) is 23.3. The van der Waals surface area contributed by atoms with Crippen molar-refractivity contribution in [1.29, 1.82) is 0 Å². The van der Waals surface area contributed by atoms with Gasteiger partial charge in [0.05, 0.1) is 19.3 Å². The lowest BCUT2D eigenvalue weighted by Crippen LogP contribution is -2.47. The van der Waals surface area contributed by atoms with Gasteiger partial charge in [0, 0.05) is 19.1 Å². The molecule has 0 aromatic carbocycles. The summed E-state index contributed by atoms with van der Waals surface area (Å²) < 4.78 is 10.5. The lowest BCUT2D eigenvalue weighted by atomic mass is 10.2. The molecule has 15 heavy (non-hydrogen) atoms. The molecule has 0 aromatic rings. The van der Waals surface area contributed by atoms with E-state index in [-0.39, 0.29) is 12.7 Å². The summed E-state index contributed by atoms with van der Waals surface area (Å²) in [6.45, 7) is 6.84. The summed E-state index contributed by atoms with van der Waals surface area (Å²) in [5, 5.41) is 8.41. The number of carbonyl (C=O) groups is 1. The maximum absolute atomic E-state index is 10.2. The van der Waals surface area contributed by atoms with Crippen LogP contribution in [-0.2, 0) is 14.3 Å². The Balaban J connectivity index is 2.21. The molecule has 0 aliphatic carbocycles. The van der Waals surface area contributed by atoms with Crippen molar-refractivity contribution < 1.29 is 19.4 Å². The predicted octanol–water partition coefficient (Wildman–Crippen LogP) is 0.197. The van der Waals surface area contributed by atoms with Crippen LogP contribution in [-0.4, -0.2) is 61.0 Å². The number of aliphatic carboxylic acids is 1. The van der Waals surface area contributed by atoms with Gasteiger partial charge in [-0.1, -0.05) is 0 Å². The molecule has 1 N–H and O–H groups in total. The van der Waals surface area contributed by atoms with Gasteiger partial charge in [0.15, 0.2) is 0 Å². The maximum Gasteiger partial charge on any atom is 0.329 e. The van der Waals surface area contributed by atoms with Gasteiger partial charge in [-0.2, -0.15) is 0 Å². The van der Waals surface area contributed by atoms with Gasteiger partial charge in [0.1, 0.15) is 6.61 Å². The van der Waals surface area contributed by atoms with Crippen molar-refractivity contribution >= 4 is 5.97 Å². The molecule has 1 rings (SSSR count). The van der Waals surface area contributed by atoms with E-state index in [2.05, 4.69) is 18.7 Å². The first-order valence-corrected chi connectivity index (χ1v) is 5.24. The Kier molecular flexibility index (Phi) is 5.01. The fraction of sp³-hybridized carbons (Fsp3) is 0.900. The lowest BCUT2D eigenvalue weighted by Gasteiger charge is -2.35. The van der Waals surface area contributed by atoms with Crippen molar-refractivity contribution in [2.45, 2.75) is 26.0 Å². The topological polar surface area (TPSA) is 59.0 Å². The highest BCUT2D eigenvalue weighted by molar-refractivity contribution is 5.67. The molecule has 1 atom stereocenters. The van der Waals surface area contributed by atoms with E-state index in [1.54, 1.807) is 0 Å². The summed E-state index contributed by atoms with van der Waals surface area (Å²) in [5.41, 5.74) is 0. The first-order valence-electron chi connectivity index (χ1n) is 5.24. The van der Waals surface area contributed by atoms with Gasteiger partial charge in [-0.3, -0.25) is 4.90 Å². The zero-order chi connectivity index (χ0) is 11.3. The first kappa shape index (κ1) is 12.4. The molecule has 0 aromatic heterocycles. The van der Waals surface area contributed by atoms with E-state index >= 15 is 0 Å². The van der Waals surface area contributed by atoms with Crippen LogP contribution < -0.4 is 0 Å². The van der Waals surface area contributed by atoms with E-state index in [0.29, 0.717) is 19.3 Å². The summed E-state index contributed by atoms with van der Waals surface area (Å²) in [6.07, 6.45) is 0.000463. The summed E-state index contributed by atoms with van der Waals surface area (Å²) in [5.74, 6) is -0.938. The lowest BCUT2D eigenvalue weighted by molar-refractivity contribution is -0.145. The van der Waals surface area contributed by atoms with E-state index in [1.807, 2.05) is 0 Å². The highest BCUT2D eigenvalue weighted by atomic mass is 16.5. The fourth-order valence-electron chi connectivity index (χ4n) is 1.59. The minimum absolute atomic E-state index is 0.000463. The van der Waals surface area contributed by atoms with Crippen LogP contribution in [0.2, 0.25) is 0 Å². The molecule has 1 unspecified atom stereocenters. The molecule has 1 heterocycles. The van der Waals surface area contributed by atoms with Crippen molar-refractivity contribution in [3.05, 3.63) is 0 Å². The SMILES string of the molecule is CC(C)N1CCOC(COCC(=O)O)C1. The van der Waals surface area contributed by atoms with E-state index in [0.717, 1.165) is 13.1 Å². The first-order chi connectivity index (χ1) is 7.09. The number of morpholine rings is 1. The van der Waals surface area contributed by atoms with Crippen molar-refractivity contribution in [3.8, 4) is 0 Å². The molecule has 0 radical (unpaired) electrons. The van der Waals surface area contributed by atoms with Crippen LogP contribution in [0, 0.1) is 0 Å². The second-order valence-electron chi connectivity index (χ2n) is 3.99. The molecule has 0 amide bonds. The second-order valence-corrected chi connectivity index (χ2v) is 3.99. The van der Waals surface area contributed by atoms with Crippen LogP contribution in [0.25, 0.3) is 0 Å². The number of carboxylic acid groups (broad SMARTS) is 1. The Labute approximate surface area is 90.0 Å². The molecule has 1 aliphatic rings. The van der Waals surface area contributed by atoms with Crippen LogP contribution in [0.3, 0.4) is 0 Å². The van der Waals surface area contributed by atoms with Gasteiger partial charge in [0.2, 0.25) is 0 Å². The fourth-order valence-corrected chi connectivity index (χ4v) is 1.59. The minimum Gasteiger partial charge on any atom is -0.480 e. The van der Waals surface area contributed by atoms with Gasteiger partial charge < -0.3 is 14.6 Å². The summed E-state index contributed by atoms with van der Waals surface area (Å²) in [6, 6.07) is 0.496. The average molecular weight is 217 g/mol. The van der Waals surface area contributed by atoms with E-state index in [9.17, 15) is 4.79 Å². The average Bonchev–Trinajstić information content (AvgIpc) is 2.17. The molecule has 5 nitrogen and oxygen atoms in total. The molecule has 1 fully saturated rings. The van der Waals surface area contributed by atoms with E-state index in [4.69, 9.17) is 14.6 Å². The summed E-state index contributed by atoms with van der Waals surface area (Å²) in [7, 11) is 0. The van der Waals surface area contributed by atoms with Gasteiger partial charge in [-0.15, -0.1) is 0 Å². The molecular formula is C10H19NO4. The van der Waals surface area contributed by atoms with Gasteiger partial charge >= 0.3 is 5.97 Å². The highest BCUT2D eigenvalue weighted by Crippen LogP contribution is 2.08. The number of carboxylic acids is 1. The number of ether oxygens (including phenoxy) is 2.